The second-order valence-corrected chi connectivity index (χ2v) is 45.9. The predicted octanol–water partition coefficient (Wildman–Crippen LogP) is 11.2. The van der Waals surface area contributed by atoms with Crippen molar-refractivity contribution in [1.82, 2.24) is 0 Å². The fourth-order valence-electron chi connectivity index (χ4n) is 8.36. The lowest BCUT2D eigenvalue weighted by Gasteiger charge is -2.40. The Hall–Kier alpha value is -0.539. The minimum absolute atomic E-state index is 0.00438. The molecule has 0 rings (SSSR count). The van der Waals surface area contributed by atoms with Crippen molar-refractivity contribution in [3.63, 3.8) is 0 Å². The first-order valence-corrected chi connectivity index (χ1v) is 42.0. The quantitative estimate of drug-likeness (QED) is 0.0197. The van der Waals surface area contributed by atoms with Gasteiger partial charge in [-0.2, -0.15) is 26.3 Å². The molecule has 0 spiro atoms. The van der Waals surface area contributed by atoms with Crippen LogP contribution in [0.3, 0.4) is 0 Å². The number of carbonyl (C=O) groups is 2. The van der Waals surface area contributed by atoms with Gasteiger partial charge in [0.05, 0.1) is 44.9 Å². The Morgan fingerprint density at radius 2 is 0.897 bits per heavy atom. The van der Waals surface area contributed by atoms with Crippen LogP contribution in [0, 0.1) is 5.92 Å². The van der Waals surface area contributed by atoms with E-state index in [1.165, 1.54) is 0 Å². The Bertz CT molecular complexity index is 1420. The topological polar surface area (TPSA) is 180 Å². The van der Waals surface area contributed by atoms with Crippen molar-refractivity contribution in [1.29, 1.82) is 0 Å². The third kappa shape index (κ3) is 35.6. The number of unbranched alkanes of at least 4 members (excludes halogenated alkanes) is 3. The Kier molecular flexibility index (Phi) is 31.0. The molecule has 0 aromatic heterocycles. The molecule has 406 valence electrons. The van der Waals surface area contributed by atoms with Crippen LogP contribution in [-0.4, -0.2) is 146 Å². The number of carboxylic acids is 1. The molecule has 0 heterocycles. The second-order valence-electron chi connectivity index (χ2n) is 21.2. The van der Waals surface area contributed by atoms with Gasteiger partial charge in [-0.25, -0.2) is 0 Å². The molecular weight excluding hydrogens is 1010 g/mol. The van der Waals surface area contributed by atoms with Gasteiger partial charge in [0.2, 0.25) is 0 Å². The molecule has 68 heavy (non-hydrogen) atoms. The normalized spacial score (nSPS) is 17.0. The Balaban J connectivity index is 4.86. The molecule has 0 radical (unpaired) electrons. The van der Waals surface area contributed by atoms with Gasteiger partial charge in [0, 0.05) is 12.8 Å². The summed E-state index contributed by atoms with van der Waals surface area (Å²) in [4.78, 5) is 24.7. The first-order valence-electron chi connectivity index (χ1n) is 24.5. The smallest absolute Gasteiger partial charge is 0.388 e. The third-order valence-electron chi connectivity index (χ3n) is 11.4. The minimum Gasteiger partial charge on any atom is -0.481 e. The summed E-state index contributed by atoms with van der Waals surface area (Å²) in [6.07, 6.45) is -8.74. The van der Waals surface area contributed by atoms with E-state index in [4.69, 9.17) is 30.7 Å². The summed E-state index contributed by atoms with van der Waals surface area (Å²) in [5.74, 6) is -3.32. The number of carbonyl (C=O) groups excluding carboxylic acids is 1. The van der Waals surface area contributed by atoms with Gasteiger partial charge in [0.25, 0.3) is 0 Å². The van der Waals surface area contributed by atoms with E-state index in [2.05, 4.69) is 40.0 Å². The lowest BCUT2D eigenvalue weighted by atomic mass is 10.0. The van der Waals surface area contributed by atoms with Crippen LogP contribution in [0.5, 0.6) is 0 Å². The Morgan fingerprint density at radius 3 is 1.29 bits per heavy atom. The summed E-state index contributed by atoms with van der Waals surface area (Å²) < 4.78 is 122. The van der Waals surface area contributed by atoms with Crippen LogP contribution in [0.1, 0.15) is 90.9 Å². The lowest BCUT2D eigenvalue weighted by molar-refractivity contribution is -0.154. The highest BCUT2D eigenvalue weighted by molar-refractivity contribution is 6.89. The van der Waals surface area contributed by atoms with E-state index in [0.717, 1.165) is 37.8 Å². The van der Waals surface area contributed by atoms with E-state index in [1.807, 2.05) is 32.7 Å². The Labute approximate surface area is 410 Å². The second kappa shape index (κ2) is 31.3. The highest BCUT2D eigenvalue weighted by Crippen LogP contribution is 2.36. The number of rotatable bonds is 40. The molecule has 25 heteroatoms. The van der Waals surface area contributed by atoms with Gasteiger partial charge in [-0.15, -0.1) is 0 Å². The van der Waals surface area contributed by atoms with Crippen molar-refractivity contribution in [2.75, 3.05) is 33.0 Å². The fraction of sp³-hybridized carbons (Fsp3) is 0.953. The molecule has 0 aromatic rings. The summed E-state index contributed by atoms with van der Waals surface area (Å²) in [7, 11) is -15.6. The SMILES string of the molecule is CCCC[Si](C)(C)O[Si](C)(C)O[Si](C)(CCCCC(O)COCC(O)COCC(O)COC(=O)CC(CCC[Si](C)(CCC(F)(F)F)O[Si](C)(C)O[Si](C)(C)CCCC)C(=O)O)CCC(F)(F)F. The molecule has 0 aromatic carbocycles. The maximum absolute atomic E-state index is 13.4. The number of hydrogen-bond acceptors (Lipinski definition) is 12. The molecule has 0 bridgehead atoms. The molecule has 6 atom stereocenters. The summed E-state index contributed by atoms with van der Waals surface area (Å²) in [5.41, 5.74) is 0. The van der Waals surface area contributed by atoms with Gasteiger partial charge in [0.15, 0.2) is 33.3 Å². The number of hydrogen-bond donors (Lipinski definition) is 4. The van der Waals surface area contributed by atoms with Gasteiger partial charge < -0.3 is 51.1 Å². The third-order valence-corrected chi connectivity index (χ3v) is 36.1. The number of ether oxygens (including phenoxy) is 3. The fourth-order valence-corrected chi connectivity index (χ4v) is 38.5. The minimum atomic E-state index is -4.38. The molecule has 0 aliphatic heterocycles. The van der Waals surface area contributed by atoms with Crippen molar-refractivity contribution in [3.05, 3.63) is 0 Å². The van der Waals surface area contributed by atoms with Gasteiger partial charge in [-0.05, 0) is 115 Å². The summed E-state index contributed by atoms with van der Waals surface area (Å²) in [6, 6.07) is 2.34. The van der Waals surface area contributed by atoms with Crippen LogP contribution < -0.4 is 0 Å². The summed E-state index contributed by atoms with van der Waals surface area (Å²) in [5, 5.41) is 40.9. The number of esters is 1. The average molecular weight is 1100 g/mol. The zero-order valence-corrected chi connectivity index (χ0v) is 49.3. The standard InChI is InChI=1S/C43H90F6O13Si6/c1-13-15-24-63(3,4)59-65(7,8)61-67(11,28-22-42(44,45)46)26-18-17-21-37(50)31-56-32-38(51)33-57-34-39(52)35-58-40(53)30-36(41(54)55)20-19-27-68(12,29-23-43(47,48)49)62-66(9,10)60-64(5,6)25-16-14-2/h36-39,50-52H,13-35H2,1-12H3,(H,54,55). The number of alkyl halides is 6. The highest BCUT2D eigenvalue weighted by atomic mass is 28.5. The summed E-state index contributed by atoms with van der Waals surface area (Å²) in [6.45, 7) is 22.3. The van der Waals surface area contributed by atoms with Crippen molar-refractivity contribution < 1.29 is 87.0 Å². The van der Waals surface area contributed by atoms with Crippen molar-refractivity contribution in [2.24, 2.45) is 5.92 Å². The zero-order valence-electron chi connectivity index (χ0n) is 43.3. The van der Waals surface area contributed by atoms with Crippen LogP contribution in [-0.2, 0) is 40.3 Å². The maximum Gasteiger partial charge on any atom is 0.388 e. The Morgan fingerprint density at radius 1 is 0.500 bits per heavy atom. The predicted molar refractivity (Wildman–Crippen MR) is 267 cm³/mol. The van der Waals surface area contributed by atoms with Crippen LogP contribution in [0.25, 0.3) is 0 Å². The van der Waals surface area contributed by atoms with E-state index >= 15 is 0 Å². The number of aliphatic hydroxyl groups excluding tert-OH is 3. The molecule has 0 aliphatic carbocycles. The van der Waals surface area contributed by atoms with Crippen molar-refractivity contribution in [3.8, 4) is 0 Å². The van der Waals surface area contributed by atoms with Gasteiger partial charge >= 0.3 is 41.4 Å². The van der Waals surface area contributed by atoms with Gasteiger partial charge in [-0.1, -0.05) is 58.8 Å². The van der Waals surface area contributed by atoms with Crippen LogP contribution in [0.2, 0.25) is 102 Å². The van der Waals surface area contributed by atoms with E-state index < -0.39 is 125 Å². The lowest BCUT2D eigenvalue weighted by Crippen LogP contribution is -2.53. The molecule has 0 saturated carbocycles. The average Bonchev–Trinajstić information content (AvgIpc) is 3.16. The highest BCUT2D eigenvalue weighted by Gasteiger charge is 2.45. The van der Waals surface area contributed by atoms with E-state index in [0.29, 0.717) is 25.3 Å². The molecule has 4 N–H and O–H groups in total. The van der Waals surface area contributed by atoms with Gasteiger partial charge in [0.1, 0.15) is 18.8 Å². The number of carboxylic acid groups (broad SMARTS) is 1. The maximum atomic E-state index is 13.4. The molecular formula is C43H90F6O13Si6. The molecule has 0 saturated heterocycles. The van der Waals surface area contributed by atoms with E-state index in [9.17, 15) is 56.4 Å². The van der Waals surface area contributed by atoms with Crippen molar-refractivity contribution >= 4 is 62.3 Å². The molecule has 13 nitrogen and oxygen atoms in total. The molecule has 0 fully saturated rings. The van der Waals surface area contributed by atoms with E-state index in [1.54, 1.807) is 6.55 Å². The molecule has 0 aliphatic rings. The molecule has 6 unspecified atom stereocenters. The summed E-state index contributed by atoms with van der Waals surface area (Å²) >= 11 is 0. The van der Waals surface area contributed by atoms with Gasteiger partial charge in [-0.3, -0.25) is 9.59 Å². The van der Waals surface area contributed by atoms with Crippen LogP contribution in [0.4, 0.5) is 26.3 Å². The first-order chi connectivity index (χ1) is 31.0. The van der Waals surface area contributed by atoms with Crippen LogP contribution in [0.15, 0.2) is 0 Å². The van der Waals surface area contributed by atoms with Crippen molar-refractivity contribution in [2.45, 2.75) is 223 Å². The molecule has 0 amide bonds. The number of halogens is 6. The monoisotopic (exact) mass is 1100 g/mol. The largest absolute Gasteiger partial charge is 0.481 e. The first kappa shape index (κ1) is 67.5. The van der Waals surface area contributed by atoms with E-state index in [-0.39, 0.29) is 57.4 Å². The number of aliphatic carboxylic acids is 1. The zero-order chi connectivity index (χ0) is 52.7. The number of aliphatic hydroxyl groups is 3. The van der Waals surface area contributed by atoms with Crippen LogP contribution >= 0.6 is 0 Å².